The number of carbonyl (C=O) groups is 2. The van der Waals surface area contributed by atoms with Gasteiger partial charge in [0.05, 0.1) is 13.2 Å². The molecule has 116 valence electrons. The van der Waals surface area contributed by atoms with Gasteiger partial charge in [-0.3, -0.25) is 0 Å². The largest absolute Gasteiger partial charge is 0.463 e. The molecular weight excluding hydrogens is 256 g/mol. The molecule has 0 bridgehead atoms. The lowest BCUT2D eigenvalue weighted by Gasteiger charge is -2.22. The molecule has 0 aliphatic rings. The van der Waals surface area contributed by atoms with Crippen LogP contribution in [0.5, 0.6) is 0 Å². The first-order valence-electron chi connectivity index (χ1n) is 7.33. The van der Waals surface area contributed by atoms with E-state index >= 15 is 0 Å². The molecule has 0 atom stereocenters. The maximum absolute atomic E-state index is 12.2. The van der Waals surface area contributed by atoms with E-state index in [4.69, 9.17) is 9.47 Å². The average molecular weight is 284 g/mol. The van der Waals surface area contributed by atoms with Gasteiger partial charge in [0.25, 0.3) is 0 Å². The predicted molar refractivity (Wildman–Crippen MR) is 79.3 cm³/mol. The Morgan fingerprint density at radius 2 is 1.30 bits per heavy atom. The molecular formula is C16H28O4. The van der Waals surface area contributed by atoms with E-state index in [2.05, 4.69) is 0 Å². The first-order valence-corrected chi connectivity index (χ1v) is 7.33. The number of esters is 2. The third kappa shape index (κ3) is 6.73. The third-order valence-corrected chi connectivity index (χ3v) is 2.62. The Labute approximate surface area is 122 Å². The first-order chi connectivity index (χ1) is 9.26. The zero-order valence-corrected chi connectivity index (χ0v) is 13.7. The van der Waals surface area contributed by atoms with Crippen LogP contribution in [-0.4, -0.2) is 25.2 Å². The van der Waals surface area contributed by atoms with Crippen LogP contribution in [0.25, 0.3) is 0 Å². The van der Waals surface area contributed by atoms with Crippen molar-refractivity contribution in [2.24, 2.45) is 5.41 Å². The number of rotatable bonds is 7. The van der Waals surface area contributed by atoms with Gasteiger partial charge in [0.15, 0.2) is 0 Å². The minimum atomic E-state index is -0.404. The molecule has 0 aliphatic heterocycles. The average Bonchev–Trinajstić information content (AvgIpc) is 2.32. The summed E-state index contributed by atoms with van der Waals surface area (Å²) in [7, 11) is 0. The third-order valence-electron chi connectivity index (χ3n) is 2.62. The molecule has 0 saturated heterocycles. The Kier molecular flexibility index (Phi) is 8.19. The van der Waals surface area contributed by atoms with Gasteiger partial charge in [0, 0.05) is 11.1 Å². The highest BCUT2D eigenvalue weighted by Crippen LogP contribution is 2.29. The molecule has 20 heavy (non-hydrogen) atoms. The second-order valence-corrected chi connectivity index (χ2v) is 5.89. The molecule has 0 aromatic carbocycles. The molecule has 0 spiro atoms. The van der Waals surface area contributed by atoms with Crippen LogP contribution in [-0.2, 0) is 19.1 Å². The minimum Gasteiger partial charge on any atom is -0.463 e. The Morgan fingerprint density at radius 3 is 1.65 bits per heavy atom. The van der Waals surface area contributed by atoms with Crippen molar-refractivity contribution >= 4 is 11.9 Å². The summed E-state index contributed by atoms with van der Waals surface area (Å²) in [6.45, 7) is 12.2. The highest BCUT2D eigenvalue weighted by molar-refractivity contribution is 6.00. The van der Waals surface area contributed by atoms with Crippen LogP contribution in [0, 0.1) is 5.41 Å². The molecule has 4 nitrogen and oxygen atoms in total. The molecule has 0 aromatic heterocycles. The number of carbonyl (C=O) groups excluding carboxylic acids is 2. The van der Waals surface area contributed by atoms with Crippen molar-refractivity contribution < 1.29 is 19.1 Å². The fraction of sp³-hybridized carbons (Fsp3) is 0.750. The summed E-state index contributed by atoms with van der Waals surface area (Å²) in [4.78, 5) is 24.2. The molecule has 0 unspecified atom stereocenters. The Morgan fingerprint density at radius 1 is 0.850 bits per heavy atom. The zero-order chi connectivity index (χ0) is 15.8. The molecule has 0 aliphatic carbocycles. The quantitative estimate of drug-likeness (QED) is 0.529. The van der Waals surface area contributed by atoms with Crippen molar-refractivity contribution in [2.45, 2.75) is 60.8 Å². The number of ether oxygens (including phenoxy) is 2. The fourth-order valence-electron chi connectivity index (χ4n) is 1.89. The number of hydrogen-bond donors (Lipinski definition) is 0. The van der Waals surface area contributed by atoms with Gasteiger partial charge in [-0.15, -0.1) is 0 Å². The van der Waals surface area contributed by atoms with Crippen molar-refractivity contribution in [1.82, 2.24) is 0 Å². The van der Waals surface area contributed by atoms with E-state index in [-0.39, 0.29) is 5.41 Å². The molecule has 0 N–H and O–H groups in total. The summed E-state index contributed by atoms with van der Waals surface area (Å²) in [6.07, 6.45) is 1.81. The summed E-state index contributed by atoms with van der Waals surface area (Å²) >= 11 is 0. The van der Waals surface area contributed by atoms with Crippen molar-refractivity contribution in [1.29, 1.82) is 0 Å². The zero-order valence-electron chi connectivity index (χ0n) is 13.7. The lowest BCUT2D eigenvalue weighted by atomic mass is 9.85. The van der Waals surface area contributed by atoms with Gasteiger partial charge >= 0.3 is 11.9 Å². The SMILES string of the molecule is CCCC(C(=O)OCC)=C(CC(C)(C)C)C(=O)OCC. The second-order valence-electron chi connectivity index (χ2n) is 5.89. The topological polar surface area (TPSA) is 52.6 Å². The van der Waals surface area contributed by atoms with Gasteiger partial charge in [0.2, 0.25) is 0 Å². The number of hydrogen-bond acceptors (Lipinski definition) is 4. The van der Waals surface area contributed by atoms with Crippen LogP contribution in [0.2, 0.25) is 0 Å². The first kappa shape index (κ1) is 18.7. The second kappa shape index (κ2) is 8.77. The van der Waals surface area contributed by atoms with Gasteiger partial charge in [-0.05, 0) is 32.1 Å². The van der Waals surface area contributed by atoms with E-state index in [9.17, 15) is 9.59 Å². The Balaban J connectivity index is 5.59. The van der Waals surface area contributed by atoms with Crippen molar-refractivity contribution in [3.63, 3.8) is 0 Å². The van der Waals surface area contributed by atoms with E-state index in [0.717, 1.165) is 6.42 Å². The standard InChI is InChI=1S/C16H28O4/c1-7-10-12(14(17)19-8-2)13(11-16(4,5)6)15(18)20-9-3/h7-11H2,1-6H3. The highest BCUT2D eigenvalue weighted by Gasteiger charge is 2.26. The fourth-order valence-corrected chi connectivity index (χ4v) is 1.89. The van der Waals surface area contributed by atoms with Gasteiger partial charge in [-0.25, -0.2) is 9.59 Å². The van der Waals surface area contributed by atoms with Crippen LogP contribution in [0.4, 0.5) is 0 Å². The highest BCUT2D eigenvalue weighted by atomic mass is 16.5. The van der Waals surface area contributed by atoms with Gasteiger partial charge in [0.1, 0.15) is 0 Å². The predicted octanol–water partition coefficient (Wildman–Crippen LogP) is 3.65. The molecule has 0 fully saturated rings. The molecule has 0 heterocycles. The smallest absolute Gasteiger partial charge is 0.334 e. The lowest BCUT2D eigenvalue weighted by molar-refractivity contribution is -0.142. The molecule has 4 heteroatoms. The van der Waals surface area contributed by atoms with Crippen LogP contribution in [0.15, 0.2) is 11.1 Å². The van der Waals surface area contributed by atoms with Crippen LogP contribution < -0.4 is 0 Å². The van der Waals surface area contributed by atoms with Crippen molar-refractivity contribution in [3.05, 3.63) is 11.1 Å². The summed E-state index contributed by atoms with van der Waals surface area (Å²) in [5.41, 5.74) is 0.815. The molecule has 0 radical (unpaired) electrons. The van der Waals surface area contributed by atoms with Crippen LogP contribution >= 0.6 is 0 Å². The van der Waals surface area contributed by atoms with E-state index < -0.39 is 11.9 Å². The van der Waals surface area contributed by atoms with Crippen molar-refractivity contribution in [2.75, 3.05) is 13.2 Å². The van der Waals surface area contributed by atoms with Gasteiger partial charge in [-0.1, -0.05) is 34.1 Å². The van der Waals surface area contributed by atoms with E-state index in [1.165, 1.54) is 0 Å². The maximum Gasteiger partial charge on any atom is 0.334 e. The summed E-state index contributed by atoms with van der Waals surface area (Å²) in [6, 6.07) is 0. The molecule has 0 amide bonds. The summed E-state index contributed by atoms with van der Waals surface area (Å²) in [5, 5.41) is 0. The lowest BCUT2D eigenvalue weighted by Crippen LogP contribution is -2.21. The van der Waals surface area contributed by atoms with Crippen LogP contribution in [0.1, 0.15) is 60.8 Å². The van der Waals surface area contributed by atoms with Gasteiger partial charge in [-0.2, -0.15) is 0 Å². The van der Waals surface area contributed by atoms with Crippen molar-refractivity contribution in [3.8, 4) is 0 Å². The maximum atomic E-state index is 12.2. The summed E-state index contributed by atoms with van der Waals surface area (Å²) in [5.74, 6) is -0.805. The van der Waals surface area contributed by atoms with E-state index in [0.29, 0.717) is 37.2 Å². The summed E-state index contributed by atoms with van der Waals surface area (Å²) < 4.78 is 10.2. The normalized spacial score (nSPS) is 12.7. The molecule has 0 saturated carbocycles. The Hall–Kier alpha value is -1.32. The molecule has 0 rings (SSSR count). The van der Waals surface area contributed by atoms with Gasteiger partial charge < -0.3 is 9.47 Å². The molecule has 0 aromatic rings. The van der Waals surface area contributed by atoms with E-state index in [1.54, 1.807) is 13.8 Å². The monoisotopic (exact) mass is 284 g/mol. The minimum absolute atomic E-state index is 0.104. The Bertz CT molecular complexity index is 361. The van der Waals surface area contributed by atoms with Crippen LogP contribution in [0.3, 0.4) is 0 Å². The van der Waals surface area contributed by atoms with E-state index in [1.807, 2.05) is 27.7 Å².